The summed E-state index contributed by atoms with van der Waals surface area (Å²) in [5, 5.41) is 2.90. The normalized spacial score (nSPS) is 12.0. The number of esters is 1. The molecule has 156 valence electrons. The summed E-state index contributed by atoms with van der Waals surface area (Å²) in [4.78, 5) is 39.2. The van der Waals surface area contributed by atoms with E-state index in [1.807, 2.05) is 0 Å². The number of methoxy groups -OCH3 is 2. The van der Waals surface area contributed by atoms with Crippen molar-refractivity contribution in [2.45, 2.75) is 13.0 Å². The molecule has 2 N–H and O–H groups in total. The molecule has 0 aliphatic heterocycles. The van der Waals surface area contributed by atoms with Crippen LogP contribution in [0.2, 0.25) is 5.02 Å². The molecule has 2 aromatic heterocycles. The number of fused-ring (bicyclic) bond motifs is 1. The van der Waals surface area contributed by atoms with Crippen LogP contribution in [0.4, 0.5) is 5.82 Å². The number of carbonyl (C=O) groups is 2. The Bertz CT molecular complexity index is 1110. The van der Waals surface area contributed by atoms with Crippen molar-refractivity contribution in [3.63, 3.8) is 0 Å². The molecule has 0 aliphatic rings. The fraction of sp³-hybridized carbons (Fsp3) is 0.211. The van der Waals surface area contributed by atoms with E-state index in [2.05, 4.69) is 25.3 Å². The smallest absolute Gasteiger partial charge is 0.331 e. The fourth-order valence-corrected chi connectivity index (χ4v) is 2.84. The van der Waals surface area contributed by atoms with Crippen molar-refractivity contribution in [3.8, 4) is 11.5 Å². The van der Waals surface area contributed by atoms with E-state index in [0.717, 1.165) is 0 Å². The van der Waals surface area contributed by atoms with E-state index < -0.39 is 18.0 Å². The zero-order valence-corrected chi connectivity index (χ0v) is 17.1. The lowest BCUT2D eigenvalue weighted by molar-refractivity contribution is -0.148. The summed E-state index contributed by atoms with van der Waals surface area (Å²) < 4.78 is 15.5. The second-order valence-corrected chi connectivity index (χ2v) is 6.37. The molecule has 1 aromatic carbocycles. The molecular formula is C19H18ClN5O5. The second-order valence-electron chi connectivity index (χ2n) is 5.96. The molecule has 1 unspecified atom stereocenters. The molecule has 0 saturated carbocycles. The van der Waals surface area contributed by atoms with Gasteiger partial charge in [-0.3, -0.25) is 4.79 Å². The van der Waals surface area contributed by atoms with E-state index in [9.17, 15) is 9.59 Å². The standard InChI is InChI=1S/C19H18ClN5O5/c1-10(19(27)25-18-15-17(22-8-21-15)23-9-24-18)30-14(26)5-4-11-6-12(20)16(29-3)13(7-11)28-2/h4-10H,1-3H3,(H2,21,22,23,24,25,27)/b5-4+. The SMILES string of the molecule is COc1cc(/C=C/C(=O)OC(C)C(=O)Nc2ncnc3nc[nH]c23)cc(Cl)c1OC. The van der Waals surface area contributed by atoms with Crippen LogP contribution in [0.1, 0.15) is 12.5 Å². The third-order valence-electron chi connectivity index (χ3n) is 3.99. The van der Waals surface area contributed by atoms with E-state index in [0.29, 0.717) is 33.2 Å². The van der Waals surface area contributed by atoms with Gasteiger partial charge in [0.05, 0.1) is 25.6 Å². The highest BCUT2D eigenvalue weighted by atomic mass is 35.5. The summed E-state index contributed by atoms with van der Waals surface area (Å²) in [5.41, 5.74) is 1.46. The van der Waals surface area contributed by atoms with Gasteiger partial charge >= 0.3 is 5.97 Å². The zero-order chi connectivity index (χ0) is 21.7. The number of carbonyl (C=O) groups excluding carboxylic acids is 2. The third kappa shape index (κ3) is 4.66. The summed E-state index contributed by atoms with van der Waals surface area (Å²) in [6.45, 7) is 1.44. The van der Waals surface area contributed by atoms with Gasteiger partial charge in [-0.15, -0.1) is 0 Å². The summed E-state index contributed by atoms with van der Waals surface area (Å²) in [5.74, 6) is -0.222. The summed E-state index contributed by atoms with van der Waals surface area (Å²) >= 11 is 6.14. The Balaban J connectivity index is 1.63. The average molecular weight is 432 g/mol. The maximum atomic E-state index is 12.3. The van der Waals surface area contributed by atoms with Gasteiger partial charge in [-0.2, -0.15) is 0 Å². The second kappa shape index (κ2) is 9.23. The van der Waals surface area contributed by atoms with Crippen LogP contribution in [-0.4, -0.2) is 52.1 Å². The molecule has 0 radical (unpaired) electrons. The Labute approximate surface area is 176 Å². The first kappa shape index (κ1) is 21.1. The summed E-state index contributed by atoms with van der Waals surface area (Å²) in [7, 11) is 2.95. The van der Waals surface area contributed by atoms with Gasteiger partial charge in [0.2, 0.25) is 0 Å². The molecular weight excluding hydrogens is 414 g/mol. The van der Waals surface area contributed by atoms with Crippen LogP contribution in [0.15, 0.2) is 30.9 Å². The maximum absolute atomic E-state index is 12.3. The number of aromatic amines is 1. The first-order valence-corrected chi connectivity index (χ1v) is 9.06. The van der Waals surface area contributed by atoms with Crippen LogP contribution in [0.5, 0.6) is 11.5 Å². The molecule has 30 heavy (non-hydrogen) atoms. The average Bonchev–Trinajstić information content (AvgIpc) is 3.21. The highest BCUT2D eigenvalue weighted by Gasteiger charge is 2.19. The molecule has 1 amide bonds. The predicted molar refractivity (Wildman–Crippen MR) is 109 cm³/mol. The Morgan fingerprint density at radius 3 is 2.73 bits per heavy atom. The van der Waals surface area contributed by atoms with Gasteiger partial charge in [-0.25, -0.2) is 19.7 Å². The van der Waals surface area contributed by atoms with Crippen molar-refractivity contribution in [1.29, 1.82) is 0 Å². The van der Waals surface area contributed by atoms with E-state index >= 15 is 0 Å². The number of hydrogen-bond donors (Lipinski definition) is 2. The molecule has 0 bridgehead atoms. The van der Waals surface area contributed by atoms with Crippen molar-refractivity contribution in [3.05, 3.63) is 41.4 Å². The zero-order valence-electron chi connectivity index (χ0n) is 16.3. The van der Waals surface area contributed by atoms with Gasteiger partial charge < -0.3 is 24.5 Å². The molecule has 1 atom stereocenters. The Morgan fingerprint density at radius 1 is 1.20 bits per heavy atom. The van der Waals surface area contributed by atoms with Crippen molar-refractivity contribution >= 4 is 46.5 Å². The molecule has 0 saturated heterocycles. The third-order valence-corrected chi connectivity index (χ3v) is 4.28. The lowest BCUT2D eigenvalue weighted by Crippen LogP contribution is -2.29. The van der Waals surface area contributed by atoms with Gasteiger partial charge in [-0.05, 0) is 30.7 Å². The first-order chi connectivity index (χ1) is 14.4. The predicted octanol–water partition coefficient (Wildman–Crippen LogP) is 2.61. The topological polar surface area (TPSA) is 128 Å². The molecule has 3 aromatic rings. The number of halogens is 1. The van der Waals surface area contributed by atoms with E-state index in [4.69, 9.17) is 25.8 Å². The number of hydrogen-bond acceptors (Lipinski definition) is 8. The number of nitrogens with one attached hydrogen (secondary N) is 2. The molecule has 3 rings (SSSR count). The lowest BCUT2D eigenvalue weighted by Gasteiger charge is -2.12. The van der Waals surface area contributed by atoms with Gasteiger partial charge in [0.25, 0.3) is 5.91 Å². The van der Waals surface area contributed by atoms with E-state index in [1.54, 1.807) is 12.1 Å². The largest absolute Gasteiger partial charge is 0.493 e. The number of ether oxygens (including phenoxy) is 3. The van der Waals surface area contributed by atoms with Crippen LogP contribution in [0, 0.1) is 0 Å². The molecule has 2 heterocycles. The van der Waals surface area contributed by atoms with Crippen LogP contribution in [0.3, 0.4) is 0 Å². The fourth-order valence-electron chi connectivity index (χ4n) is 2.54. The summed E-state index contributed by atoms with van der Waals surface area (Å²) in [6, 6.07) is 3.25. The molecule has 0 spiro atoms. The quantitative estimate of drug-likeness (QED) is 0.431. The molecule has 0 aliphatic carbocycles. The number of rotatable bonds is 7. The van der Waals surface area contributed by atoms with Crippen molar-refractivity contribution in [1.82, 2.24) is 19.9 Å². The highest BCUT2D eigenvalue weighted by Crippen LogP contribution is 2.36. The number of amides is 1. The molecule has 0 fully saturated rings. The van der Waals surface area contributed by atoms with E-state index in [-0.39, 0.29) is 5.82 Å². The van der Waals surface area contributed by atoms with Crippen LogP contribution < -0.4 is 14.8 Å². The number of nitrogens with zero attached hydrogens (tertiary/aromatic N) is 3. The minimum Gasteiger partial charge on any atom is -0.493 e. The Kier molecular flexibility index (Phi) is 6.48. The number of imidazole rings is 1. The number of aromatic nitrogens is 4. The van der Waals surface area contributed by atoms with Gasteiger partial charge in [0.1, 0.15) is 11.8 Å². The van der Waals surface area contributed by atoms with Crippen molar-refractivity contribution in [2.24, 2.45) is 0 Å². The van der Waals surface area contributed by atoms with Gasteiger partial charge in [0, 0.05) is 6.08 Å². The van der Waals surface area contributed by atoms with Gasteiger partial charge in [0.15, 0.2) is 29.1 Å². The van der Waals surface area contributed by atoms with Crippen LogP contribution >= 0.6 is 11.6 Å². The minimum absolute atomic E-state index is 0.237. The Morgan fingerprint density at radius 2 is 2.00 bits per heavy atom. The Hall–Kier alpha value is -3.66. The van der Waals surface area contributed by atoms with Crippen LogP contribution in [-0.2, 0) is 14.3 Å². The lowest BCUT2D eigenvalue weighted by atomic mass is 10.2. The summed E-state index contributed by atoms with van der Waals surface area (Å²) in [6.07, 6.45) is 4.30. The first-order valence-electron chi connectivity index (χ1n) is 8.68. The van der Waals surface area contributed by atoms with E-state index in [1.165, 1.54) is 46.0 Å². The number of benzene rings is 1. The minimum atomic E-state index is -1.07. The van der Waals surface area contributed by atoms with Crippen LogP contribution in [0.25, 0.3) is 17.2 Å². The number of H-pyrrole nitrogens is 1. The monoisotopic (exact) mass is 431 g/mol. The van der Waals surface area contributed by atoms with Crippen molar-refractivity contribution < 1.29 is 23.8 Å². The molecule has 11 heteroatoms. The molecule has 10 nitrogen and oxygen atoms in total. The van der Waals surface area contributed by atoms with Crippen molar-refractivity contribution in [2.75, 3.05) is 19.5 Å². The maximum Gasteiger partial charge on any atom is 0.331 e. The number of anilines is 1. The van der Waals surface area contributed by atoms with Gasteiger partial charge in [-0.1, -0.05) is 11.6 Å². The highest BCUT2D eigenvalue weighted by molar-refractivity contribution is 6.32.